The van der Waals surface area contributed by atoms with E-state index in [1.54, 1.807) is 17.5 Å². The second-order valence-corrected chi connectivity index (χ2v) is 7.89. The van der Waals surface area contributed by atoms with Gasteiger partial charge in [0.05, 0.1) is 5.56 Å². The van der Waals surface area contributed by atoms with E-state index in [9.17, 15) is 9.59 Å². The third-order valence-corrected chi connectivity index (χ3v) is 6.19. The molecule has 1 aliphatic rings. The average molecular weight is 395 g/mol. The minimum absolute atomic E-state index is 0.0607. The first-order valence-electron chi connectivity index (χ1n) is 9.36. The van der Waals surface area contributed by atoms with Gasteiger partial charge in [-0.15, -0.1) is 11.3 Å². The molecule has 0 unspecified atom stereocenters. The third-order valence-electron chi connectivity index (χ3n) is 5.23. The van der Waals surface area contributed by atoms with Gasteiger partial charge in [0.25, 0.3) is 5.91 Å². The maximum atomic E-state index is 12.7. The molecule has 1 aliphatic heterocycles. The predicted octanol–water partition coefficient (Wildman–Crippen LogP) is 2.93. The van der Waals surface area contributed by atoms with Crippen molar-refractivity contribution in [1.29, 1.82) is 0 Å². The number of pyridine rings is 1. The summed E-state index contributed by atoms with van der Waals surface area (Å²) in [6.07, 6.45) is 3.23. The van der Waals surface area contributed by atoms with Gasteiger partial charge in [0.2, 0.25) is 5.91 Å². The minimum Gasteiger partial charge on any atom is -0.369 e. The molecule has 0 aliphatic carbocycles. The van der Waals surface area contributed by atoms with Gasteiger partial charge in [-0.05, 0) is 41.8 Å². The number of anilines is 1. The number of fused-ring (bicyclic) bond motifs is 1. The lowest BCUT2D eigenvalue weighted by atomic mass is 9.96. The van der Waals surface area contributed by atoms with Crippen LogP contribution < -0.4 is 16.0 Å². The van der Waals surface area contributed by atoms with Crippen LogP contribution in [-0.2, 0) is 11.3 Å². The van der Waals surface area contributed by atoms with Crippen molar-refractivity contribution >= 4 is 39.1 Å². The Hall–Kier alpha value is -2.93. The van der Waals surface area contributed by atoms with Gasteiger partial charge in [0, 0.05) is 42.0 Å². The van der Waals surface area contributed by atoms with E-state index in [1.807, 2.05) is 41.8 Å². The third kappa shape index (κ3) is 3.71. The van der Waals surface area contributed by atoms with Crippen LogP contribution in [0.2, 0.25) is 0 Å². The van der Waals surface area contributed by atoms with Gasteiger partial charge < -0.3 is 16.0 Å². The van der Waals surface area contributed by atoms with E-state index in [2.05, 4.69) is 15.2 Å². The topological polar surface area (TPSA) is 88.3 Å². The van der Waals surface area contributed by atoms with Gasteiger partial charge in [-0.1, -0.05) is 18.2 Å². The fourth-order valence-corrected chi connectivity index (χ4v) is 4.58. The Balaban J connectivity index is 1.47. The summed E-state index contributed by atoms with van der Waals surface area (Å²) in [5, 5.41) is 6.11. The van der Waals surface area contributed by atoms with E-state index >= 15 is 0 Å². The van der Waals surface area contributed by atoms with Crippen molar-refractivity contribution in [2.75, 3.05) is 18.0 Å². The molecule has 0 saturated carbocycles. The normalized spacial score (nSPS) is 14.9. The second-order valence-electron chi connectivity index (χ2n) is 6.98. The molecule has 0 radical (unpaired) electrons. The molecular weight excluding hydrogens is 372 g/mol. The maximum Gasteiger partial charge on any atom is 0.253 e. The Labute approximate surface area is 167 Å². The van der Waals surface area contributed by atoms with Gasteiger partial charge in [-0.2, -0.15) is 0 Å². The zero-order valence-corrected chi connectivity index (χ0v) is 16.2. The van der Waals surface area contributed by atoms with E-state index in [4.69, 9.17) is 5.73 Å². The Kier molecular flexibility index (Phi) is 5.25. The molecule has 3 N–H and O–H groups in total. The van der Waals surface area contributed by atoms with Crippen LogP contribution in [0.4, 0.5) is 5.82 Å². The molecule has 3 heterocycles. The Morgan fingerprint density at radius 2 is 2.00 bits per heavy atom. The molecule has 144 valence electrons. The number of thiophene rings is 1. The van der Waals surface area contributed by atoms with Gasteiger partial charge >= 0.3 is 0 Å². The quantitative estimate of drug-likeness (QED) is 0.696. The van der Waals surface area contributed by atoms with E-state index in [1.165, 1.54) is 0 Å². The average Bonchev–Trinajstić information content (AvgIpc) is 3.21. The summed E-state index contributed by atoms with van der Waals surface area (Å²) >= 11 is 1.57. The van der Waals surface area contributed by atoms with Crippen molar-refractivity contribution in [3.63, 3.8) is 0 Å². The number of rotatable bonds is 5. The smallest absolute Gasteiger partial charge is 0.253 e. The molecule has 1 aromatic carbocycles. The van der Waals surface area contributed by atoms with Crippen LogP contribution >= 0.6 is 11.3 Å². The Bertz CT molecular complexity index is 1010. The summed E-state index contributed by atoms with van der Waals surface area (Å²) in [5.41, 5.74) is 7.09. The summed E-state index contributed by atoms with van der Waals surface area (Å²) in [4.78, 5) is 30.8. The lowest BCUT2D eigenvalue weighted by Gasteiger charge is -2.32. The van der Waals surface area contributed by atoms with Gasteiger partial charge in [0.15, 0.2) is 0 Å². The standard InChI is InChI=1S/C21H22N4O2S/c22-19(26)15-6-10-25(11-7-15)20-16(4-2-9-23-20)13-24-21(27)17-5-1-3-14-8-12-28-18(14)17/h1-5,8-9,12,15H,6-7,10-11,13H2,(H2,22,26)(H,24,27). The van der Waals surface area contributed by atoms with Crippen LogP contribution in [-0.4, -0.2) is 29.9 Å². The number of carbonyl (C=O) groups is 2. The summed E-state index contributed by atoms with van der Waals surface area (Å²) in [7, 11) is 0. The molecule has 6 nitrogen and oxygen atoms in total. The van der Waals surface area contributed by atoms with Gasteiger partial charge in [-0.3, -0.25) is 9.59 Å². The van der Waals surface area contributed by atoms with Crippen LogP contribution in [0.1, 0.15) is 28.8 Å². The number of nitrogens with one attached hydrogen (secondary N) is 1. The summed E-state index contributed by atoms with van der Waals surface area (Å²) in [6.45, 7) is 1.87. The molecule has 2 aromatic heterocycles. The molecule has 0 atom stereocenters. The number of nitrogens with two attached hydrogens (primary N) is 1. The minimum atomic E-state index is -0.226. The number of benzene rings is 1. The number of aromatic nitrogens is 1. The van der Waals surface area contributed by atoms with Crippen LogP contribution in [0.3, 0.4) is 0 Å². The molecule has 0 spiro atoms. The van der Waals surface area contributed by atoms with E-state index in [0.29, 0.717) is 12.1 Å². The predicted molar refractivity (Wildman–Crippen MR) is 111 cm³/mol. The number of hydrogen-bond donors (Lipinski definition) is 2. The molecular formula is C21H22N4O2S. The number of hydrogen-bond acceptors (Lipinski definition) is 5. The van der Waals surface area contributed by atoms with Crippen LogP contribution in [0.15, 0.2) is 48.0 Å². The van der Waals surface area contributed by atoms with Crippen molar-refractivity contribution < 1.29 is 9.59 Å². The fraction of sp³-hybridized carbons (Fsp3) is 0.286. The van der Waals surface area contributed by atoms with Crippen molar-refractivity contribution in [2.45, 2.75) is 19.4 Å². The largest absolute Gasteiger partial charge is 0.369 e. The molecule has 2 amide bonds. The Morgan fingerprint density at radius 3 is 2.79 bits per heavy atom. The number of primary amides is 1. The number of nitrogens with zero attached hydrogens (tertiary/aromatic N) is 2. The zero-order chi connectivity index (χ0) is 19.5. The first-order chi connectivity index (χ1) is 13.6. The number of amides is 2. The van der Waals surface area contributed by atoms with Crippen molar-refractivity contribution in [2.24, 2.45) is 11.7 Å². The fourth-order valence-electron chi connectivity index (χ4n) is 3.67. The lowest BCUT2D eigenvalue weighted by molar-refractivity contribution is -0.122. The molecule has 1 saturated heterocycles. The van der Waals surface area contributed by atoms with Crippen molar-refractivity contribution in [3.05, 3.63) is 59.1 Å². The van der Waals surface area contributed by atoms with E-state index < -0.39 is 0 Å². The van der Waals surface area contributed by atoms with E-state index in [-0.39, 0.29) is 17.7 Å². The monoisotopic (exact) mass is 394 g/mol. The van der Waals surface area contributed by atoms with Crippen LogP contribution in [0.5, 0.6) is 0 Å². The highest BCUT2D eigenvalue weighted by Gasteiger charge is 2.25. The Morgan fingerprint density at radius 1 is 1.18 bits per heavy atom. The SMILES string of the molecule is NC(=O)C1CCN(c2ncccc2CNC(=O)c2cccc3ccsc23)CC1. The molecule has 3 aromatic rings. The second kappa shape index (κ2) is 7.98. The first kappa shape index (κ1) is 18.4. The number of carbonyl (C=O) groups excluding carboxylic acids is 2. The lowest BCUT2D eigenvalue weighted by Crippen LogP contribution is -2.39. The first-order valence-corrected chi connectivity index (χ1v) is 10.2. The number of piperidine rings is 1. The molecule has 4 rings (SSSR count). The molecule has 28 heavy (non-hydrogen) atoms. The van der Waals surface area contributed by atoms with Crippen molar-refractivity contribution in [1.82, 2.24) is 10.3 Å². The highest BCUT2D eigenvalue weighted by Crippen LogP contribution is 2.26. The van der Waals surface area contributed by atoms with Crippen LogP contribution in [0, 0.1) is 5.92 Å². The molecule has 0 bridgehead atoms. The van der Waals surface area contributed by atoms with Crippen LogP contribution in [0.25, 0.3) is 10.1 Å². The highest BCUT2D eigenvalue weighted by molar-refractivity contribution is 7.17. The van der Waals surface area contributed by atoms with E-state index in [0.717, 1.165) is 47.4 Å². The van der Waals surface area contributed by atoms with Crippen molar-refractivity contribution in [3.8, 4) is 0 Å². The highest BCUT2D eigenvalue weighted by atomic mass is 32.1. The summed E-state index contributed by atoms with van der Waals surface area (Å²) < 4.78 is 1.000. The summed E-state index contributed by atoms with van der Waals surface area (Å²) in [6, 6.07) is 11.6. The molecule has 7 heteroatoms. The maximum absolute atomic E-state index is 12.7. The summed E-state index contributed by atoms with van der Waals surface area (Å²) in [5.74, 6) is 0.487. The zero-order valence-electron chi connectivity index (χ0n) is 15.4. The molecule has 1 fully saturated rings. The van der Waals surface area contributed by atoms with Gasteiger partial charge in [0.1, 0.15) is 5.82 Å². The van der Waals surface area contributed by atoms with Gasteiger partial charge in [-0.25, -0.2) is 4.98 Å².